The summed E-state index contributed by atoms with van der Waals surface area (Å²) in [6.07, 6.45) is 0.928. The zero-order valence-corrected chi connectivity index (χ0v) is 20.8. The van der Waals surface area contributed by atoms with Crippen molar-refractivity contribution in [1.82, 2.24) is 0 Å². The van der Waals surface area contributed by atoms with Gasteiger partial charge in [0.15, 0.2) is 0 Å². The number of esters is 1. The van der Waals surface area contributed by atoms with Gasteiger partial charge in [-0.15, -0.1) is 0 Å². The Morgan fingerprint density at radius 1 is 0.629 bits per heavy atom. The molecule has 0 radical (unpaired) electrons. The van der Waals surface area contributed by atoms with Gasteiger partial charge in [0, 0.05) is 5.41 Å². The molecular weight excluding hydrogens is 432 g/mol. The Bertz CT molecular complexity index is 1240. The van der Waals surface area contributed by atoms with Crippen molar-refractivity contribution in [2.24, 2.45) is 0 Å². The lowest BCUT2D eigenvalue weighted by molar-refractivity contribution is 0.0734. The maximum absolute atomic E-state index is 12.5. The molecule has 0 spiro atoms. The second-order valence-electron chi connectivity index (χ2n) is 9.51. The molecule has 0 aromatic heterocycles. The molecular formula is C32H32O3. The summed E-state index contributed by atoms with van der Waals surface area (Å²) in [6.45, 7) is 8.54. The first-order chi connectivity index (χ1) is 16.8. The number of rotatable bonds is 8. The van der Waals surface area contributed by atoms with Crippen LogP contribution in [0.4, 0.5) is 0 Å². The molecule has 0 N–H and O–H groups in total. The predicted molar refractivity (Wildman–Crippen MR) is 141 cm³/mol. The fourth-order valence-corrected chi connectivity index (χ4v) is 4.12. The Labute approximate surface area is 208 Å². The molecule has 0 aliphatic carbocycles. The van der Waals surface area contributed by atoms with Crippen LogP contribution in [-0.2, 0) is 5.41 Å². The lowest BCUT2D eigenvalue weighted by Crippen LogP contribution is -2.27. The Balaban J connectivity index is 1.65. The van der Waals surface area contributed by atoms with Crippen molar-refractivity contribution in [3.05, 3.63) is 131 Å². The minimum Gasteiger partial charge on any atom is -0.488 e. The van der Waals surface area contributed by atoms with E-state index in [1.165, 1.54) is 5.56 Å². The van der Waals surface area contributed by atoms with Crippen molar-refractivity contribution in [2.45, 2.75) is 45.1 Å². The van der Waals surface area contributed by atoms with Crippen molar-refractivity contribution in [3.63, 3.8) is 0 Å². The van der Waals surface area contributed by atoms with Crippen LogP contribution >= 0.6 is 0 Å². The first-order valence-electron chi connectivity index (χ1n) is 12.0. The van der Waals surface area contributed by atoms with Gasteiger partial charge in [0.2, 0.25) is 0 Å². The van der Waals surface area contributed by atoms with Crippen LogP contribution in [0, 0.1) is 0 Å². The zero-order chi connectivity index (χ0) is 24.9. The van der Waals surface area contributed by atoms with E-state index >= 15 is 0 Å². The second-order valence-corrected chi connectivity index (χ2v) is 9.51. The topological polar surface area (TPSA) is 35.5 Å². The van der Waals surface area contributed by atoms with Crippen LogP contribution in [0.5, 0.6) is 11.5 Å². The van der Waals surface area contributed by atoms with E-state index in [-0.39, 0.29) is 11.6 Å². The van der Waals surface area contributed by atoms with Gasteiger partial charge in [-0.3, -0.25) is 0 Å². The molecule has 4 aromatic rings. The average Bonchev–Trinajstić information content (AvgIpc) is 2.90. The van der Waals surface area contributed by atoms with E-state index in [9.17, 15) is 4.79 Å². The van der Waals surface area contributed by atoms with Crippen LogP contribution in [0.2, 0.25) is 0 Å². The van der Waals surface area contributed by atoms with Crippen LogP contribution in [0.3, 0.4) is 0 Å². The summed E-state index contributed by atoms with van der Waals surface area (Å²) < 4.78 is 11.8. The molecule has 0 amide bonds. The largest absolute Gasteiger partial charge is 0.488 e. The van der Waals surface area contributed by atoms with Gasteiger partial charge in [-0.25, -0.2) is 4.79 Å². The molecule has 0 fully saturated rings. The highest BCUT2D eigenvalue weighted by molar-refractivity contribution is 5.90. The maximum Gasteiger partial charge on any atom is 0.343 e. The summed E-state index contributed by atoms with van der Waals surface area (Å²) >= 11 is 0. The third-order valence-corrected chi connectivity index (χ3v) is 6.68. The third kappa shape index (κ3) is 5.46. The van der Waals surface area contributed by atoms with E-state index in [2.05, 4.69) is 64.1 Å². The number of carbonyl (C=O) groups excluding carboxylic acids is 1. The highest BCUT2D eigenvalue weighted by Gasteiger charge is 2.31. The van der Waals surface area contributed by atoms with E-state index in [0.717, 1.165) is 23.3 Å². The number of ether oxygens (including phenoxy) is 2. The van der Waals surface area contributed by atoms with Gasteiger partial charge in [-0.2, -0.15) is 0 Å². The summed E-state index contributed by atoms with van der Waals surface area (Å²) in [4.78, 5) is 12.5. The standard InChI is InChI=1S/C32H32O3/c1-5-31(2,3)35-29-22-18-27(19-23-29)32(4,25-14-10-7-11-15-25)26-16-20-28(21-17-26)34-30(33)24-12-8-6-9-13-24/h6-23H,5H2,1-4H3. The van der Waals surface area contributed by atoms with Gasteiger partial charge in [-0.05, 0) is 80.3 Å². The normalized spacial score (nSPS) is 13.0. The summed E-state index contributed by atoms with van der Waals surface area (Å²) in [5, 5.41) is 0. The van der Waals surface area contributed by atoms with Crippen molar-refractivity contribution >= 4 is 5.97 Å². The molecule has 3 nitrogen and oxygen atoms in total. The van der Waals surface area contributed by atoms with Crippen molar-refractivity contribution < 1.29 is 14.3 Å². The van der Waals surface area contributed by atoms with Crippen molar-refractivity contribution in [2.75, 3.05) is 0 Å². The predicted octanol–water partition coefficient (Wildman–Crippen LogP) is 7.83. The summed E-state index contributed by atoms with van der Waals surface area (Å²) in [5.41, 5.74) is 3.35. The number of carbonyl (C=O) groups is 1. The first-order valence-corrected chi connectivity index (χ1v) is 12.0. The van der Waals surface area contributed by atoms with Gasteiger partial charge in [-0.1, -0.05) is 79.7 Å². The van der Waals surface area contributed by atoms with Gasteiger partial charge < -0.3 is 9.47 Å². The van der Waals surface area contributed by atoms with Crippen molar-refractivity contribution in [3.8, 4) is 11.5 Å². The molecule has 1 atom stereocenters. The van der Waals surface area contributed by atoms with E-state index in [0.29, 0.717) is 11.3 Å². The molecule has 0 saturated carbocycles. The molecule has 1 unspecified atom stereocenters. The Morgan fingerprint density at radius 3 is 1.60 bits per heavy atom. The molecule has 0 bridgehead atoms. The third-order valence-electron chi connectivity index (χ3n) is 6.68. The minimum absolute atomic E-state index is 0.211. The molecule has 4 rings (SSSR count). The Morgan fingerprint density at radius 2 is 1.09 bits per heavy atom. The maximum atomic E-state index is 12.5. The van der Waals surface area contributed by atoms with E-state index < -0.39 is 5.41 Å². The molecule has 178 valence electrons. The number of hydrogen-bond donors (Lipinski definition) is 0. The minimum atomic E-state index is -0.401. The van der Waals surface area contributed by atoms with E-state index in [1.807, 2.05) is 60.7 Å². The molecule has 0 heterocycles. The van der Waals surface area contributed by atoms with Gasteiger partial charge in [0.1, 0.15) is 17.1 Å². The molecule has 0 saturated heterocycles. The monoisotopic (exact) mass is 464 g/mol. The summed E-state index contributed by atoms with van der Waals surface area (Å²) in [5.74, 6) is 1.01. The fraction of sp³-hybridized carbons (Fsp3) is 0.219. The van der Waals surface area contributed by atoms with Crippen LogP contribution < -0.4 is 9.47 Å². The SMILES string of the molecule is CCC(C)(C)Oc1ccc(C(C)(c2ccccc2)c2ccc(OC(=O)c3ccccc3)cc2)cc1. The van der Waals surface area contributed by atoms with Gasteiger partial charge in [0.25, 0.3) is 0 Å². The lowest BCUT2D eigenvalue weighted by Gasteiger charge is -2.32. The van der Waals surface area contributed by atoms with Gasteiger partial charge in [0.05, 0.1) is 5.56 Å². The summed E-state index contributed by atoms with van der Waals surface area (Å²) in [7, 11) is 0. The van der Waals surface area contributed by atoms with Crippen LogP contribution in [0.25, 0.3) is 0 Å². The van der Waals surface area contributed by atoms with E-state index in [1.54, 1.807) is 12.1 Å². The molecule has 3 heteroatoms. The second kappa shape index (κ2) is 10.2. The average molecular weight is 465 g/mol. The number of hydrogen-bond acceptors (Lipinski definition) is 3. The smallest absolute Gasteiger partial charge is 0.343 e. The number of benzene rings is 4. The zero-order valence-electron chi connectivity index (χ0n) is 20.8. The highest BCUT2D eigenvalue weighted by Crippen LogP contribution is 2.40. The summed E-state index contributed by atoms with van der Waals surface area (Å²) in [6, 6.07) is 35.6. The van der Waals surface area contributed by atoms with Crippen LogP contribution in [0.15, 0.2) is 109 Å². The van der Waals surface area contributed by atoms with Crippen LogP contribution in [0.1, 0.15) is 61.2 Å². The quantitative estimate of drug-likeness (QED) is 0.151. The molecule has 0 aliphatic heterocycles. The molecule has 0 aliphatic rings. The highest BCUT2D eigenvalue weighted by atomic mass is 16.5. The molecule has 35 heavy (non-hydrogen) atoms. The van der Waals surface area contributed by atoms with Crippen molar-refractivity contribution in [1.29, 1.82) is 0 Å². The van der Waals surface area contributed by atoms with E-state index in [4.69, 9.17) is 9.47 Å². The lowest BCUT2D eigenvalue weighted by atomic mass is 9.71. The van der Waals surface area contributed by atoms with Gasteiger partial charge >= 0.3 is 5.97 Å². The first kappa shape index (κ1) is 24.3. The Hall–Kier alpha value is -3.85. The Kier molecular flexibility index (Phi) is 7.07. The fourth-order valence-electron chi connectivity index (χ4n) is 4.12. The molecule has 4 aromatic carbocycles. The van der Waals surface area contributed by atoms with Crippen LogP contribution in [-0.4, -0.2) is 11.6 Å².